The number of benzene rings is 2. The zero-order chi connectivity index (χ0) is 19.1. The van der Waals surface area contributed by atoms with E-state index in [2.05, 4.69) is 4.99 Å². The predicted molar refractivity (Wildman–Crippen MR) is 99.2 cm³/mol. The molecule has 0 atom stereocenters. The van der Waals surface area contributed by atoms with Crippen LogP contribution in [-0.4, -0.2) is 37.3 Å². The van der Waals surface area contributed by atoms with E-state index in [4.69, 9.17) is 9.47 Å². The second-order valence-electron chi connectivity index (χ2n) is 5.31. The summed E-state index contributed by atoms with van der Waals surface area (Å²) in [6.07, 6.45) is 1.24. The third-order valence-corrected chi connectivity index (χ3v) is 3.64. The largest absolute Gasteiger partial charge is 0.507 e. The van der Waals surface area contributed by atoms with Crippen LogP contribution in [0, 0.1) is 0 Å². The van der Waals surface area contributed by atoms with Gasteiger partial charge in [-0.3, -0.25) is 9.79 Å². The fraction of sp³-hybridized carbons (Fsp3) is 0.150. The van der Waals surface area contributed by atoms with E-state index in [1.165, 1.54) is 27.4 Å². The number of carbonyl (C=O) groups is 2. The van der Waals surface area contributed by atoms with Crippen LogP contribution in [0.15, 0.2) is 59.1 Å². The van der Waals surface area contributed by atoms with Crippen molar-refractivity contribution in [2.75, 3.05) is 14.2 Å². The Hall–Kier alpha value is -3.41. The summed E-state index contributed by atoms with van der Waals surface area (Å²) in [5.74, 6) is -0.478. The second-order valence-corrected chi connectivity index (χ2v) is 5.31. The molecule has 0 aliphatic rings. The molecule has 0 aliphatic heterocycles. The number of para-hydroxylation sites is 1. The Kier molecular flexibility index (Phi) is 6.27. The fourth-order valence-electron chi connectivity index (χ4n) is 2.23. The molecule has 0 aliphatic carbocycles. The number of hydrogen-bond donors (Lipinski definition) is 1. The molecule has 2 aromatic carbocycles. The molecule has 0 aromatic heterocycles. The highest BCUT2D eigenvalue weighted by Crippen LogP contribution is 2.22. The molecule has 2 rings (SSSR count). The standard InChI is InChI=1S/C20H19NO5/c1-13(22)17(19(23)14-8-10-15(25-2)11-9-14)12-21-18-7-5-4-6-16(18)20(24)26-3/h4-12,23H,1-3H3/b19-17+,21-12?. The van der Waals surface area contributed by atoms with E-state index in [9.17, 15) is 14.7 Å². The van der Waals surface area contributed by atoms with Crippen molar-refractivity contribution in [2.45, 2.75) is 6.92 Å². The summed E-state index contributed by atoms with van der Waals surface area (Å²) in [5.41, 5.74) is 1.07. The highest BCUT2D eigenvalue weighted by Gasteiger charge is 2.13. The number of nitrogens with zero attached hydrogens (tertiary/aromatic N) is 1. The number of allylic oxidation sites excluding steroid dienone is 1. The first-order chi connectivity index (χ1) is 12.5. The van der Waals surface area contributed by atoms with Gasteiger partial charge in [0.1, 0.15) is 11.5 Å². The quantitative estimate of drug-likeness (QED) is 0.370. The Labute approximate surface area is 151 Å². The van der Waals surface area contributed by atoms with E-state index in [1.54, 1.807) is 48.5 Å². The maximum absolute atomic E-state index is 12.0. The van der Waals surface area contributed by atoms with Gasteiger partial charge in [-0.15, -0.1) is 0 Å². The number of aliphatic hydroxyl groups is 1. The van der Waals surface area contributed by atoms with Gasteiger partial charge in [0.05, 0.1) is 31.0 Å². The third kappa shape index (κ3) is 4.36. The Morgan fingerprint density at radius 2 is 1.69 bits per heavy atom. The van der Waals surface area contributed by atoms with Crippen LogP contribution in [0.1, 0.15) is 22.8 Å². The molecule has 0 spiro atoms. The lowest BCUT2D eigenvalue weighted by molar-refractivity contribution is -0.113. The van der Waals surface area contributed by atoms with Gasteiger partial charge in [0.2, 0.25) is 0 Å². The van der Waals surface area contributed by atoms with Gasteiger partial charge in [0, 0.05) is 11.8 Å². The summed E-state index contributed by atoms with van der Waals surface area (Å²) in [6.45, 7) is 1.33. The zero-order valence-electron chi connectivity index (χ0n) is 14.7. The summed E-state index contributed by atoms with van der Waals surface area (Å²) in [6, 6.07) is 13.2. The highest BCUT2D eigenvalue weighted by atomic mass is 16.5. The third-order valence-electron chi connectivity index (χ3n) is 3.64. The van der Waals surface area contributed by atoms with E-state index >= 15 is 0 Å². The minimum Gasteiger partial charge on any atom is -0.507 e. The van der Waals surface area contributed by atoms with E-state index in [0.29, 0.717) is 17.0 Å². The number of ketones is 1. The number of aliphatic imine (C=N–C) groups is 1. The van der Waals surface area contributed by atoms with Gasteiger partial charge in [0.25, 0.3) is 0 Å². The number of Topliss-reactive ketones (excluding diaryl/α,β-unsaturated/α-hetero) is 1. The van der Waals surface area contributed by atoms with Crippen LogP contribution in [0.2, 0.25) is 0 Å². The molecule has 26 heavy (non-hydrogen) atoms. The molecule has 6 nitrogen and oxygen atoms in total. The monoisotopic (exact) mass is 353 g/mol. The Morgan fingerprint density at radius 3 is 2.27 bits per heavy atom. The van der Waals surface area contributed by atoms with Crippen molar-refractivity contribution >= 4 is 29.4 Å². The molecule has 1 N–H and O–H groups in total. The van der Waals surface area contributed by atoms with Crippen LogP contribution in [-0.2, 0) is 9.53 Å². The zero-order valence-corrected chi connectivity index (χ0v) is 14.7. The molecule has 6 heteroatoms. The number of rotatable bonds is 6. The summed E-state index contributed by atoms with van der Waals surface area (Å²) in [7, 11) is 2.82. The van der Waals surface area contributed by atoms with Crippen LogP contribution < -0.4 is 4.74 Å². The smallest absolute Gasteiger partial charge is 0.340 e. The minimum absolute atomic E-state index is 0.0230. The number of esters is 1. The molecular weight excluding hydrogens is 334 g/mol. The molecule has 0 heterocycles. The predicted octanol–water partition coefficient (Wildman–Crippen LogP) is 3.74. The normalized spacial score (nSPS) is 11.8. The molecule has 0 unspecified atom stereocenters. The summed E-state index contributed by atoms with van der Waals surface area (Å²) in [4.78, 5) is 27.9. The van der Waals surface area contributed by atoms with Gasteiger partial charge in [-0.05, 0) is 43.3 Å². The van der Waals surface area contributed by atoms with Crippen molar-refractivity contribution in [1.82, 2.24) is 0 Å². The van der Waals surface area contributed by atoms with Gasteiger partial charge < -0.3 is 14.6 Å². The van der Waals surface area contributed by atoms with Gasteiger partial charge in [-0.25, -0.2) is 4.79 Å². The minimum atomic E-state index is -0.537. The fourth-order valence-corrected chi connectivity index (χ4v) is 2.23. The van der Waals surface area contributed by atoms with Gasteiger partial charge in [-0.2, -0.15) is 0 Å². The maximum Gasteiger partial charge on any atom is 0.340 e. The Balaban J connectivity index is 2.43. The molecule has 0 bridgehead atoms. The van der Waals surface area contributed by atoms with Crippen LogP contribution in [0.4, 0.5) is 5.69 Å². The number of carbonyl (C=O) groups excluding carboxylic acids is 2. The van der Waals surface area contributed by atoms with E-state index < -0.39 is 5.97 Å². The molecule has 0 saturated heterocycles. The van der Waals surface area contributed by atoms with Crippen molar-refractivity contribution in [1.29, 1.82) is 0 Å². The Bertz CT molecular complexity index is 866. The molecule has 0 saturated carbocycles. The van der Waals surface area contributed by atoms with Crippen molar-refractivity contribution in [3.8, 4) is 5.75 Å². The topological polar surface area (TPSA) is 85.2 Å². The lowest BCUT2D eigenvalue weighted by Crippen LogP contribution is -2.04. The van der Waals surface area contributed by atoms with E-state index in [0.717, 1.165) is 0 Å². The molecule has 0 amide bonds. The number of hydrogen-bond acceptors (Lipinski definition) is 6. The summed E-state index contributed by atoms with van der Waals surface area (Å²) < 4.78 is 9.79. The first-order valence-corrected chi connectivity index (χ1v) is 7.78. The average molecular weight is 353 g/mol. The maximum atomic E-state index is 12.0. The lowest BCUT2D eigenvalue weighted by Gasteiger charge is -2.06. The Morgan fingerprint density at radius 1 is 1.04 bits per heavy atom. The first kappa shape index (κ1) is 18.9. The van der Waals surface area contributed by atoms with E-state index in [-0.39, 0.29) is 22.7 Å². The molecule has 2 aromatic rings. The molecular formula is C20H19NO5. The highest BCUT2D eigenvalue weighted by molar-refractivity contribution is 6.17. The molecule has 0 fully saturated rings. The second kappa shape index (κ2) is 8.62. The van der Waals surface area contributed by atoms with Crippen LogP contribution in [0.3, 0.4) is 0 Å². The van der Waals surface area contributed by atoms with Crippen molar-refractivity contribution in [3.63, 3.8) is 0 Å². The van der Waals surface area contributed by atoms with Crippen LogP contribution in [0.5, 0.6) is 5.75 Å². The molecule has 134 valence electrons. The van der Waals surface area contributed by atoms with Crippen molar-refractivity contribution < 1.29 is 24.2 Å². The summed E-state index contributed by atoms with van der Waals surface area (Å²) in [5, 5.41) is 10.5. The van der Waals surface area contributed by atoms with Gasteiger partial charge >= 0.3 is 5.97 Å². The van der Waals surface area contributed by atoms with E-state index in [1.807, 2.05) is 0 Å². The number of aliphatic hydroxyl groups excluding tert-OH is 1. The van der Waals surface area contributed by atoms with Crippen molar-refractivity contribution in [3.05, 3.63) is 65.2 Å². The van der Waals surface area contributed by atoms with Crippen LogP contribution in [0.25, 0.3) is 5.76 Å². The lowest BCUT2D eigenvalue weighted by atomic mass is 10.1. The average Bonchev–Trinajstić information content (AvgIpc) is 2.67. The summed E-state index contributed by atoms with van der Waals surface area (Å²) >= 11 is 0. The van der Waals surface area contributed by atoms with Gasteiger partial charge in [-0.1, -0.05) is 12.1 Å². The molecule has 0 radical (unpaired) electrons. The number of ether oxygens (including phenoxy) is 2. The van der Waals surface area contributed by atoms with Gasteiger partial charge in [0.15, 0.2) is 5.78 Å². The van der Waals surface area contributed by atoms with Crippen molar-refractivity contribution in [2.24, 2.45) is 4.99 Å². The first-order valence-electron chi connectivity index (χ1n) is 7.78. The van der Waals surface area contributed by atoms with Crippen LogP contribution >= 0.6 is 0 Å². The SMILES string of the molecule is COC(=O)c1ccccc1N=C/C(C(C)=O)=C(\O)c1ccc(OC)cc1. The number of methoxy groups -OCH3 is 2.